The van der Waals surface area contributed by atoms with E-state index in [1.807, 2.05) is 20.8 Å². The first-order chi connectivity index (χ1) is 8.96. The fourth-order valence-electron chi connectivity index (χ4n) is 2.58. The van der Waals surface area contributed by atoms with Crippen LogP contribution in [-0.2, 0) is 9.57 Å². The summed E-state index contributed by atoms with van der Waals surface area (Å²) in [6, 6.07) is 0.0444. The maximum atomic E-state index is 12.1. The molecule has 1 atom stereocenters. The van der Waals surface area contributed by atoms with Gasteiger partial charge in [-0.05, 0) is 52.9 Å². The highest BCUT2D eigenvalue weighted by Crippen LogP contribution is 2.27. The van der Waals surface area contributed by atoms with Crippen LogP contribution in [0.4, 0.5) is 4.79 Å². The van der Waals surface area contributed by atoms with Crippen molar-refractivity contribution in [2.45, 2.75) is 70.9 Å². The van der Waals surface area contributed by atoms with Gasteiger partial charge in [0.1, 0.15) is 5.60 Å². The minimum absolute atomic E-state index is 0.0444. The van der Waals surface area contributed by atoms with E-state index in [1.54, 1.807) is 0 Å². The molecule has 4 heteroatoms. The van der Waals surface area contributed by atoms with Gasteiger partial charge < -0.3 is 4.74 Å². The van der Waals surface area contributed by atoms with Gasteiger partial charge in [-0.25, -0.2) is 4.79 Å². The van der Waals surface area contributed by atoms with Crippen molar-refractivity contribution >= 4 is 6.09 Å². The van der Waals surface area contributed by atoms with Crippen LogP contribution in [0.15, 0.2) is 11.6 Å². The molecular weight excluding hydrogens is 242 g/mol. The average Bonchev–Trinajstić information content (AvgIpc) is 2.76. The largest absolute Gasteiger partial charge is 0.442 e. The van der Waals surface area contributed by atoms with E-state index >= 15 is 0 Å². The number of carbonyl (C=O) groups excluding carboxylic acids is 1. The van der Waals surface area contributed by atoms with Crippen LogP contribution in [0.5, 0.6) is 0 Å². The van der Waals surface area contributed by atoms with E-state index in [0.717, 1.165) is 6.42 Å². The van der Waals surface area contributed by atoms with Crippen molar-refractivity contribution < 1.29 is 14.4 Å². The highest BCUT2D eigenvalue weighted by Gasteiger charge is 2.32. The van der Waals surface area contributed by atoms with E-state index in [4.69, 9.17) is 9.57 Å². The van der Waals surface area contributed by atoms with Gasteiger partial charge in [0.05, 0.1) is 12.6 Å². The second-order valence-electron chi connectivity index (χ2n) is 6.38. The number of amides is 1. The molecule has 4 nitrogen and oxygen atoms in total. The van der Waals surface area contributed by atoms with Gasteiger partial charge in [-0.3, -0.25) is 4.84 Å². The third-order valence-electron chi connectivity index (χ3n) is 3.44. The number of hydrogen-bond acceptors (Lipinski definition) is 3. The predicted octanol–water partition coefficient (Wildman–Crippen LogP) is 3.82. The highest BCUT2D eigenvalue weighted by atomic mass is 16.7. The molecule has 19 heavy (non-hydrogen) atoms. The third kappa shape index (κ3) is 4.23. The first-order valence-electron chi connectivity index (χ1n) is 7.30. The molecule has 1 saturated heterocycles. The molecule has 0 spiro atoms. The highest BCUT2D eigenvalue weighted by molar-refractivity contribution is 5.67. The summed E-state index contributed by atoms with van der Waals surface area (Å²) in [6.07, 6.45) is 8.91. The Morgan fingerprint density at radius 1 is 1.32 bits per heavy atom. The van der Waals surface area contributed by atoms with Gasteiger partial charge in [-0.2, -0.15) is 5.06 Å². The molecule has 0 N–H and O–H groups in total. The van der Waals surface area contributed by atoms with Crippen molar-refractivity contribution in [2.24, 2.45) is 0 Å². The van der Waals surface area contributed by atoms with Crippen LogP contribution in [0.3, 0.4) is 0 Å². The van der Waals surface area contributed by atoms with Crippen LogP contribution < -0.4 is 0 Å². The molecule has 2 fully saturated rings. The van der Waals surface area contributed by atoms with E-state index in [-0.39, 0.29) is 12.1 Å². The first kappa shape index (κ1) is 14.4. The molecule has 0 aromatic rings. The van der Waals surface area contributed by atoms with Crippen LogP contribution in [0.2, 0.25) is 0 Å². The normalized spacial score (nSPS) is 24.5. The second-order valence-corrected chi connectivity index (χ2v) is 6.38. The van der Waals surface area contributed by atoms with Gasteiger partial charge in [0.2, 0.25) is 0 Å². The van der Waals surface area contributed by atoms with Gasteiger partial charge in [-0.15, -0.1) is 0 Å². The minimum atomic E-state index is -0.481. The smallest absolute Gasteiger partial charge is 0.435 e. The lowest BCUT2D eigenvalue weighted by molar-refractivity contribution is -0.117. The zero-order chi connectivity index (χ0) is 13.9. The molecule has 0 aromatic carbocycles. The Morgan fingerprint density at radius 3 is 2.63 bits per heavy atom. The van der Waals surface area contributed by atoms with E-state index in [0.29, 0.717) is 6.61 Å². The van der Waals surface area contributed by atoms with Gasteiger partial charge in [0.25, 0.3) is 0 Å². The van der Waals surface area contributed by atoms with Crippen molar-refractivity contribution in [1.29, 1.82) is 0 Å². The van der Waals surface area contributed by atoms with Gasteiger partial charge in [0, 0.05) is 0 Å². The van der Waals surface area contributed by atoms with Crippen LogP contribution in [0.1, 0.15) is 59.3 Å². The van der Waals surface area contributed by atoms with Crippen LogP contribution in [0.25, 0.3) is 0 Å². The van der Waals surface area contributed by atoms with Crippen LogP contribution in [-0.4, -0.2) is 29.4 Å². The van der Waals surface area contributed by atoms with Crippen molar-refractivity contribution in [3.63, 3.8) is 0 Å². The summed E-state index contributed by atoms with van der Waals surface area (Å²) in [6.45, 7) is 6.20. The van der Waals surface area contributed by atoms with E-state index in [2.05, 4.69) is 6.08 Å². The molecule has 0 bridgehead atoms. The molecule has 1 saturated carbocycles. The number of carbonyl (C=O) groups is 1. The van der Waals surface area contributed by atoms with Gasteiger partial charge in [-0.1, -0.05) is 18.1 Å². The molecule has 108 valence electrons. The van der Waals surface area contributed by atoms with E-state index in [9.17, 15) is 4.79 Å². The Hall–Kier alpha value is -1.03. The van der Waals surface area contributed by atoms with Crippen molar-refractivity contribution in [2.75, 3.05) is 6.61 Å². The Bertz CT molecular complexity index is 349. The lowest BCUT2D eigenvalue weighted by atomic mass is 9.93. The Balaban J connectivity index is 1.98. The number of rotatable bonds is 1. The monoisotopic (exact) mass is 267 g/mol. The second kappa shape index (κ2) is 5.95. The summed E-state index contributed by atoms with van der Waals surface area (Å²) in [5.41, 5.74) is 0.987. The van der Waals surface area contributed by atoms with Crippen molar-refractivity contribution in [3.05, 3.63) is 11.6 Å². The molecule has 0 radical (unpaired) electrons. The standard InChI is InChI=1S/C15H25NO3/c1-15(2,3)19-14(17)16-13(9-10-18-16)11-12-7-5-4-6-8-12/h11,13H,4-10H2,1-3H3/t13-/m0/s1. The van der Waals surface area contributed by atoms with E-state index in [1.165, 1.54) is 42.7 Å². The van der Waals surface area contributed by atoms with E-state index < -0.39 is 5.60 Å². The van der Waals surface area contributed by atoms with Gasteiger partial charge >= 0.3 is 6.09 Å². The molecule has 1 heterocycles. The molecule has 1 aliphatic carbocycles. The Kier molecular flexibility index (Phi) is 4.50. The lowest BCUT2D eigenvalue weighted by Gasteiger charge is -2.26. The number of allylic oxidation sites excluding steroid dienone is 1. The maximum Gasteiger partial charge on any atom is 0.435 e. The zero-order valence-corrected chi connectivity index (χ0v) is 12.3. The summed E-state index contributed by atoms with van der Waals surface area (Å²) in [5, 5.41) is 1.41. The number of hydroxylamine groups is 2. The van der Waals surface area contributed by atoms with Crippen LogP contribution >= 0.6 is 0 Å². The lowest BCUT2D eigenvalue weighted by Crippen LogP contribution is -2.38. The zero-order valence-electron chi connectivity index (χ0n) is 12.3. The molecule has 1 aliphatic heterocycles. The van der Waals surface area contributed by atoms with Crippen molar-refractivity contribution in [1.82, 2.24) is 5.06 Å². The molecule has 2 rings (SSSR count). The number of nitrogens with zero attached hydrogens (tertiary/aromatic N) is 1. The average molecular weight is 267 g/mol. The van der Waals surface area contributed by atoms with Crippen LogP contribution in [0, 0.1) is 0 Å². The summed E-state index contributed by atoms with van der Waals surface area (Å²) in [4.78, 5) is 17.5. The molecule has 0 aromatic heterocycles. The topological polar surface area (TPSA) is 38.8 Å². The Labute approximate surface area is 115 Å². The fraction of sp³-hybridized carbons (Fsp3) is 0.800. The van der Waals surface area contributed by atoms with Gasteiger partial charge in [0.15, 0.2) is 0 Å². The predicted molar refractivity (Wildman–Crippen MR) is 73.6 cm³/mol. The third-order valence-corrected chi connectivity index (χ3v) is 3.44. The first-order valence-corrected chi connectivity index (χ1v) is 7.30. The Morgan fingerprint density at radius 2 is 2.00 bits per heavy atom. The van der Waals surface area contributed by atoms with Crippen molar-refractivity contribution in [3.8, 4) is 0 Å². The maximum absolute atomic E-state index is 12.1. The summed E-state index contributed by atoms with van der Waals surface area (Å²) in [7, 11) is 0. The molecule has 0 unspecified atom stereocenters. The fourth-order valence-corrected chi connectivity index (χ4v) is 2.58. The minimum Gasteiger partial charge on any atom is -0.442 e. The summed E-state index contributed by atoms with van der Waals surface area (Å²) in [5.74, 6) is 0. The molecular formula is C15H25NO3. The summed E-state index contributed by atoms with van der Waals surface area (Å²) < 4.78 is 5.37. The quantitative estimate of drug-likeness (QED) is 0.678. The molecule has 2 aliphatic rings. The SMILES string of the molecule is CC(C)(C)OC(=O)N1OCC[C@H]1C=C1CCCCC1. The molecule has 1 amide bonds. The number of ether oxygens (including phenoxy) is 1. The number of hydrogen-bond donors (Lipinski definition) is 0. The summed E-state index contributed by atoms with van der Waals surface area (Å²) >= 11 is 0.